The maximum absolute atomic E-state index is 13.6. The summed E-state index contributed by atoms with van der Waals surface area (Å²) in [5, 5.41) is 10.3. The number of benzene rings is 3. The van der Waals surface area contributed by atoms with Crippen LogP contribution < -0.4 is 0 Å². The monoisotopic (exact) mass is 420 g/mol. The van der Waals surface area contributed by atoms with Gasteiger partial charge in [-0.25, -0.2) is 8.78 Å². The smallest absolute Gasteiger partial charge is 0.123 e. The quantitative estimate of drug-likeness (QED) is 0.572. The molecule has 0 bridgehead atoms. The highest BCUT2D eigenvalue weighted by Crippen LogP contribution is 2.40. The van der Waals surface area contributed by atoms with Gasteiger partial charge < -0.3 is 5.48 Å². The molecule has 0 aromatic heterocycles. The van der Waals surface area contributed by atoms with Crippen molar-refractivity contribution in [1.82, 2.24) is 4.90 Å². The molecule has 2 N–H and O–H groups in total. The Balaban J connectivity index is 0.00000272. The molecule has 0 spiro atoms. The summed E-state index contributed by atoms with van der Waals surface area (Å²) >= 11 is 0. The van der Waals surface area contributed by atoms with Crippen molar-refractivity contribution in [2.24, 2.45) is 5.92 Å². The fraction of sp³-hybridized carbons (Fsp3) is 0.269. The lowest BCUT2D eigenvalue weighted by Crippen LogP contribution is -2.30. The first-order valence-corrected chi connectivity index (χ1v) is 10.3. The van der Waals surface area contributed by atoms with Crippen molar-refractivity contribution in [3.63, 3.8) is 0 Å². The fourth-order valence-electron chi connectivity index (χ4n) is 4.54. The molecule has 0 amide bonds. The molecule has 0 aliphatic carbocycles. The van der Waals surface area contributed by atoms with Gasteiger partial charge in [-0.3, -0.25) is 4.90 Å². The molecule has 1 aliphatic rings. The SMILES string of the molecule is N#CC(CC1CCN(Cc2ccccc2)C1)(c1ccc(F)cc1)c1ccc(F)cc1.O. The minimum atomic E-state index is -0.936. The molecule has 1 heterocycles. The van der Waals surface area contributed by atoms with Gasteiger partial charge >= 0.3 is 0 Å². The van der Waals surface area contributed by atoms with E-state index in [2.05, 4.69) is 23.1 Å². The maximum Gasteiger partial charge on any atom is 0.123 e. The van der Waals surface area contributed by atoms with Crippen molar-refractivity contribution in [1.29, 1.82) is 5.26 Å². The van der Waals surface area contributed by atoms with Crippen LogP contribution in [0.1, 0.15) is 29.5 Å². The van der Waals surface area contributed by atoms with Crippen LogP contribution in [0.3, 0.4) is 0 Å². The molecule has 1 aliphatic heterocycles. The molecule has 1 unspecified atom stereocenters. The van der Waals surface area contributed by atoms with Gasteiger partial charge in [0.05, 0.1) is 6.07 Å². The highest BCUT2D eigenvalue weighted by Gasteiger charge is 2.39. The molecular formula is C26H26F2N2O. The second-order valence-corrected chi connectivity index (χ2v) is 8.11. The van der Waals surface area contributed by atoms with E-state index in [0.717, 1.165) is 37.2 Å². The maximum atomic E-state index is 13.6. The average Bonchev–Trinajstić information content (AvgIpc) is 3.20. The van der Waals surface area contributed by atoms with Gasteiger partial charge in [0, 0.05) is 13.1 Å². The Labute approximate surface area is 181 Å². The zero-order valence-electron chi connectivity index (χ0n) is 17.3. The summed E-state index contributed by atoms with van der Waals surface area (Å²) in [5.41, 5.74) is 1.84. The first-order valence-electron chi connectivity index (χ1n) is 10.3. The summed E-state index contributed by atoms with van der Waals surface area (Å²) in [4.78, 5) is 2.41. The first kappa shape index (κ1) is 22.6. The van der Waals surface area contributed by atoms with Crippen molar-refractivity contribution < 1.29 is 14.3 Å². The van der Waals surface area contributed by atoms with Gasteiger partial charge in [0.15, 0.2) is 0 Å². The summed E-state index contributed by atoms with van der Waals surface area (Å²) in [6.07, 6.45) is 1.62. The second kappa shape index (κ2) is 9.82. The zero-order valence-corrected chi connectivity index (χ0v) is 17.3. The van der Waals surface area contributed by atoms with Gasteiger partial charge in [0.2, 0.25) is 0 Å². The molecule has 3 nitrogen and oxygen atoms in total. The Morgan fingerprint density at radius 3 is 1.94 bits per heavy atom. The third-order valence-electron chi connectivity index (χ3n) is 6.08. The predicted molar refractivity (Wildman–Crippen MR) is 117 cm³/mol. The third-order valence-corrected chi connectivity index (χ3v) is 6.08. The van der Waals surface area contributed by atoms with Crippen LogP contribution in [0.2, 0.25) is 0 Å². The fourth-order valence-corrected chi connectivity index (χ4v) is 4.54. The Bertz CT molecular complexity index is 969. The van der Waals surface area contributed by atoms with Crippen molar-refractivity contribution in [2.75, 3.05) is 13.1 Å². The predicted octanol–water partition coefficient (Wildman–Crippen LogP) is 4.86. The Hall–Kier alpha value is -3.07. The molecule has 3 aromatic rings. The van der Waals surface area contributed by atoms with E-state index in [1.165, 1.54) is 29.8 Å². The van der Waals surface area contributed by atoms with Gasteiger partial charge in [0.1, 0.15) is 17.0 Å². The summed E-state index contributed by atoms with van der Waals surface area (Å²) in [5.74, 6) is -0.345. The number of halogens is 2. The third kappa shape index (κ3) is 4.99. The number of hydrogen-bond acceptors (Lipinski definition) is 2. The van der Waals surface area contributed by atoms with Crippen LogP contribution in [0, 0.1) is 28.9 Å². The Morgan fingerprint density at radius 2 is 1.42 bits per heavy atom. The number of nitriles is 1. The van der Waals surface area contributed by atoms with Crippen molar-refractivity contribution in [2.45, 2.75) is 24.8 Å². The van der Waals surface area contributed by atoms with Gasteiger partial charge in [0.25, 0.3) is 0 Å². The lowest BCUT2D eigenvalue weighted by Gasteiger charge is -2.31. The standard InChI is InChI=1S/C26H24F2N2.H2O/c27-24-10-6-22(7-11-24)26(19-29,23-8-12-25(28)13-9-23)16-21-14-15-30(18-21)17-20-4-2-1-3-5-20;/h1-13,21H,14-18H2;1H2. The summed E-state index contributed by atoms with van der Waals surface area (Å²) in [6, 6.07) is 25.2. The van der Waals surface area contributed by atoms with E-state index in [-0.39, 0.29) is 17.1 Å². The number of nitrogens with zero attached hydrogens (tertiary/aromatic N) is 2. The van der Waals surface area contributed by atoms with Crippen LogP contribution in [0.25, 0.3) is 0 Å². The van der Waals surface area contributed by atoms with Crippen molar-refractivity contribution in [3.05, 3.63) is 107 Å². The van der Waals surface area contributed by atoms with Gasteiger partial charge in [-0.2, -0.15) is 5.26 Å². The van der Waals surface area contributed by atoms with Crippen LogP contribution in [0.5, 0.6) is 0 Å². The number of rotatable bonds is 6. The van der Waals surface area contributed by atoms with Crippen LogP contribution >= 0.6 is 0 Å². The molecule has 31 heavy (non-hydrogen) atoms. The highest BCUT2D eigenvalue weighted by atomic mass is 19.1. The molecule has 0 saturated carbocycles. The molecule has 5 heteroatoms. The summed E-state index contributed by atoms with van der Waals surface area (Å²) in [7, 11) is 0. The number of hydrogen-bond donors (Lipinski definition) is 0. The van der Waals surface area contributed by atoms with Crippen molar-refractivity contribution >= 4 is 0 Å². The number of likely N-dealkylation sites (tertiary alicyclic amines) is 1. The molecular weight excluding hydrogens is 394 g/mol. The minimum absolute atomic E-state index is 0. The molecule has 1 atom stereocenters. The van der Waals surface area contributed by atoms with Crippen LogP contribution in [0.15, 0.2) is 78.9 Å². The molecule has 1 fully saturated rings. The van der Waals surface area contributed by atoms with E-state index in [9.17, 15) is 14.0 Å². The minimum Gasteiger partial charge on any atom is -0.412 e. The lowest BCUT2D eigenvalue weighted by atomic mass is 9.70. The van der Waals surface area contributed by atoms with Gasteiger partial charge in [-0.1, -0.05) is 54.6 Å². The molecule has 3 aromatic carbocycles. The van der Waals surface area contributed by atoms with Gasteiger partial charge in [-0.05, 0) is 66.3 Å². The zero-order chi connectivity index (χ0) is 21.0. The van der Waals surface area contributed by atoms with Crippen LogP contribution in [-0.2, 0) is 12.0 Å². The second-order valence-electron chi connectivity index (χ2n) is 8.11. The largest absolute Gasteiger partial charge is 0.412 e. The van der Waals surface area contributed by atoms with Crippen LogP contribution in [0.4, 0.5) is 8.78 Å². The van der Waals surface area contributed by atoms with Crippen molar-refractivity contribution in [3.8, 4) is 6.07 Å². The Kier molecular flexibility index (Phi) is 7.17. The summed E-state index contributed by atoms with van der Waals surface area (Å²) in [6.45, 7) is 2.78. The molecule has 4 rings (SSSR count). The van der Waals surface area contributed by atoms with E-state index in [0.29, 0.717) is 12.3 Å². The van der Waals surface area contributed by atoms with Crippen LogP contribution in [-0.4, -0.2) is 23.5 Å². The topological polar surface area (TPSA) is 58.5 Å². The first-order chi connectivity index (χ1) is 14.6. The van der Waals surface area contributed by atoms with E-state index >= 15 is 0 Å². The summed E-state index contributed by atoms with van der Waals surface area (Å²) < 4.78 is 27.1. The molecule has 0 radical (unpaired) electrons. The normalized spacial score (nSPS) is 16.5. The lowest BCUT2D eigenvalue weighted by molar-refractivity contribution is 0.306. The van der Waals surface area contributed by atoms with E-state index < -0.39 is 5.41 Å². The van der Waals surface area contributed by atoms with E-state index in [4.69, 9.17) is 0 Å². The molecule has 1 saturated heterocycles. The molecule has 160 valence electrons. The highest BCUT2D eigenvalue weighted by molar-refractivity contribution is 5.46. The van der Waals surface area contributed by atoms with E-state index in [1.807, 2.05) is 18.2 Å². The van der Waals surface area contributed by atoms with E-state index in [1.54, 1.807) is 24.3 Å². The Morgan fingerprint density at radius 1 is 0.871 bits per heavy atom. The van der Waals surface area contributed by atoms with Gasteiger partial charge in [-0.15, -0.1) is 0 Å². The average molecular weight is 421 g/mol.